The van der Waals surface area contributed by atoms with Crippen LogP contribution in [0.1, 0.15) is 12.0 Å². The van der Waals surface area contributed by atoms with Gasteiger partial charge in [-0.1, -0.05) is 36.8 Å². The standard InChI is InChI=1S/C8H7S2.C3H5O2.Y/c9-7-10-6-8-4-2-1-3-5-8;1-2-3(4)5;/h1-5H,6H2;1-2H2,(H,4,5);/q2*-1;. The summed E-state index contributed by atoms with van der Waals surface area (Å²) in [4.78, 5) is 9.31. The Labute approximate surface area is 131 Å². The Kier molecular flexibility index (Phi) is 15.5. The first-order valence-corrected chi connectivity index (χ1v) is 5.64. The number of thiocarbonyl (C=S) groups is 1. The fraction of sp³-hybridized carbons (Fsp3) is 0.182. The number of rotatable bonds is 4. The molecule has 0 amide bonds. The van der Waals surface area contributed by atoms with Gasteiger partial charge in [0.15, 0.2) is 0 Å². The SMILES string of the molecule is S=[C-]SCc1ccccc1.[CH2-]CC(=O)O.[Y]. The molecule has 0 bridgehead atoms. The van der Waals surface area contributed by atoms with E-state index in [4.69, 9.17) is 5.11 Å². The average molecular weight is 329 g/mol. The Hall–Kier alpha value is 0.234. The Morgan fingerprint density at radius 2 is 1.94 bits per heavy atom. The molecule has 0 atom stereocenters. The first-order valence-electron chi connectivity index (χ1n) is 4.24. The molecule has 0 aromatic heterocycles. The summed E-state index contributed by atoms with van der Waals surface area (Å²) in [6.07, 6.45) is -0.0278. The van der Waals surface area contributed by atoms with E-state index in [-0.39, 0.29) is 39.1 Å². The van der Waals surface area contributed by atoms with Gasteiger partial charge in [0.1, 0.15) is 0 Å². The third-order valence-corrected chi connectivity index (χ3v) is 2.30. The molecule has 1 N–H and O–H groups in total. The normalized spacial score (nSPS) is 8.06. The van der Waals surface area contributed by atoms with Gasteiger partial charge in [-0.25, -0.2) is 0 Å². The minimum Gasteiger partial charge on any atom is -0.483 e. The molecule has 0 saturated carbocycles. The van der Waals surface area contributed by atoms with E-state index in [1.54, 1.807) is 0 Å². The van der Waals surface area contributed by atoms with E-state index >= 15 is 0 Å². The van der Waals surface area contributed by atoms with Gasteiger partial charge in [0.25, 0.3) is 5.97 Å². The molecule has 0 fully saturated rings. The minimum absolute atomic E-state index is 0. The number of carboxylic acids is 1. The van der Waals surface area contributed by atoms with Crippen LogP contribution in [0, 0.1) is 6.92 Å². The van der Waals surface area contributed by atoms with Gasteiger partial charge >= 0.3 is 0 Å². The van der Waals surface area contributed by atoms with Crippen LogP contribution in [0.25, 0.3) is 0 Å². The van der Waals surface area contributed by atoms with Crippen LogP contribution in [0.4, 0.5) is 0 Å². The van der Waals surface area contributed by atoms with Crippen LogP contribution in [0.3, 0.4) is 0 Å². The first kappa shape index (κ1) is 18.6. The molecule has 1 aromatic rings. The van der Waals surface area contributed by atoms with Crippen molar-refractivity contribution in [3.05, 3.63) is 42.8 Å². The molecule has 2 nitrogen and oxygen atoms in total. The van der Waals surface area contributed by atoms with Crippen LogP contribution in [0.15, 0.2) is 30.3 Å². The van der Waals surface area contributed by atoms with Gasteiger partial charge < -0.3 is 40.7 Å². The fourth-order valence-corrected chi connectivity index (χ4v) is 1.28. The molecule has 0 heterocycles. The summed E-state index contributed by atoms with van der Waals surface area (Å²) in [7, 11) is 0. The second-order valence-electron chi connectivity index (χ2n) is 2.50. The molecule has 5 heteroatoms. The molecule has 85 valence electrons. The van der Waals surface area contributed by atoms with Gasteiger partial charge in [-0.05, 0) is 11.3 Å². The molecule has 1 radical (unpaired) electrons. The smallest absolute Gasteiger partial charge is 0.272 e. The fourth-order valence-electron chi connectivity index (χ4n) is 0.687. The van der Waals surface area contributed by atoms with Crippen molar-refractivity contribution < 1.29 is 42.6 Å². The van der Waals surface area contributed by atoms with Gasteiger partial charge in [-0.2, -0.15) is 0 Å². The number of thioether (sulfide) groups is 1. The number of hydrogen-bond acceptors (Lipinski definition) is 3. The molecule has 16 heavy (non-hydrogen) atoms. The van der Waals surface area contributed by atoms with Crippen LogP contribution in [0.2, 0.25) is 0 Å². The van der Waals surface area contributed by atoms with Crippen molar-refractivity contribution in [2.75, 3.05) is 0 Å². The van der Waals surface area contributed by atoms with E-state index in [0.29, 0.717) is 0 Å². The van der Waals surface area contributed by atoms with Gasteiger partial charge in [0.05, 0.1) is 0 Å². The zero-order valence-corrected chi connectivity index (χ0v) is 13.2. The Bertz CT molecular complexity index is 291. The topological polar surface area (TPSA) is 37.3 Å². The maximum atomic E-state index is 9.31. The monoisotopic (exact) mass is 329 g/mol. The predicted molar refractivity (Wildman–Crippen MR) is 67.9 cm³/mol. The van der Waals surface area contributed by atoms with E-state index in [2.05, 4.69) is 36.0 Å². The summed E-state index contributed by atoms with van der Waals surface area (Å²) >= 11 is 6.09. The Morgan fingerprint density at radius 3 is 2.31 bits per heavy atom. The minimum atomic E-state index is -0.856. The van der Waals surface area contributed by atoms with Crippen LogP contribution >= 0.6 is 24.0 Å². The first-order chi connectivity index (χ1) is 7.20. The Morgan fingerprint density at radius 1 is 1.44 bits per heavy atom. The van der Waals surface area contributed by atoms with E-state index in [1.165, 1.54) is 17.3 Å². The largest absolute Gasteiger partial charge is 0.483 e. The van der Waals surface area contributed by atoms with Crippen molar-refractivity contribution in [3.8, 4) is 0 Å². The van der Waals surface area contributed by atoms with Crippen molar-refractivity contribution in [1.82, 2.24) is 0 Å². The molecular formula is C11H12O2S2Y-2. The van der Waals surface area contributed by atoms with Crippen LogP contribution in [-0.4, -0.2) is 15.8 Å². The number of aliphatic carboxylic acids is 1. The second kappa shape index (κ2) is 13.3. The molecule has 1 aromatic carbocycles. The number of benzene rings is 1. The number of carboxylic acid groups (broad SMARTS) is 1. The third-order valence-electron chi connectivity index (χ3n) is 1.35. The summed E-state index contributed by atoms with van der Waals surface area (Å²) in [5, 5.41) is 7.66. The predicted octanol–water partition coefficient (Wildman–Crippen LogP) is 3.05. The maximum absolute atomic E-state index is 9.31. The van der Waals surface area contributed by atoms with Gasteiger partial charge in [-0.3, -0.25) is 4.79 Å². The van der Waals surface area contributed by atoms with Crippen molar-refractivity contribution in [3.63, 3.8) is 0 Å². The summed E-state index contributed by atoms with van der Waals surface area (Å²) in [6, 6.07) is 10.2. The zero-order valence-electron chi connectivity index (χ0n) is 8.76. The molecule has 0 unspecified atom stereocenters. The summed E-state index contributed by atoms with van der Waals surface area (Å²) in [5.74, 6) is 0.0784. The average Bonchev–Trinajstić information content (AvgIpc) is 2.28. The van der Waals surface area contributed by atoms with E-state index in [1.807, 2.05) is 18.2 Å². The number of hydrogen-bond donors (Lipinski definition) is 1. The molecule has 0 aliphatic rings. The zero-order chi connectivity index (χ0) is 11.5. The van der Waals surface area contributed by atoms with Gasteiger partial charge in [0, 0.05) is 32.7 Å². The second-order valence-corrected chi connectivity index (χ2v) is 3.75. The Balaban J connectivity index is 0. The molecule has 0 aliphatic heterocycles. The van der Waals surface area contributed by atoms with Crippen LogP contribution in [-0.2, 0) is 43.3 Å². The molecule has 0 aliphatic carbocycles. The van der Waals surface area contributed by atoms with Gasteiger partial charge in [-0.15, -0.1) is 0 Å². The summed E-state index contributed by atoms with van der Waals surface area (Å²) in [5.41, 5.74) is 1.30. The van der Waals surface area contributed by atoms with Crippen LogP contribution in [0.5, 0.6) is 0 Å². The van der Waals surface area contributed by atoms with Crippen molar-refractivity contribution in [2.24, 2.45) is 0 Å². The van der Waals surface area contributed by atoms with Gasteiger partial charge in [0.2, 0.25) is 0 Å². The van der Waals surface area contributed by atoms with Crippen molar-refractivity contribution in [2.45, 2.75) is 12.2 Å². The van der Waals surface area contributed by atoms with E-state index < -0.39 is 5.97 Å². The number of carbonyl (C=O) groups is 1. The van der Waals surface area contributed by atoms with Crippen molar-refractivity contribution >= 4 is 34.6 Å². The van der Waals surface area contributed by atoms with E-state index in [9.17, 15) is 4.79 Å². The van der Waals surface area contributed by atoms with Crippen LogP contribution < -0.4 is 0 Å². The molecule has 0 saturated heterocycles. The third kappa shape index (κ3) is 12.3. The molecule has 0 spiro atoms. The summed E-state index contributed by atoms with van der Waals surface area (Å²) < 4.78 is 2.62. The maximum Gasteiger partial charge on any atom is 0.272 e. The van der Waals surface area contributed by atoms with Crippen molar-refractivity contribution in [1.29, 1.82) is 0 Å². The molecule has 1 rings (SSSR count). The quantitative estimate of drug-likeness (QED) is 0.681. The molecular weight excluding hydrogens is 317 g/mol. The van der Waals surface area contributed by atoms with E-state index in [0.717, 1.165) is 5.75 Å². The summed E-state index contributed by atoms with van der Waals surface area (Å²) in [6.45, 7) is 3.09.